The maximum Gasteiger partial charge on any atom is 0.123 e. The zero-order valence-electron chi connectivity index (χ0n) is 23.2. The normalized spacial score (nSPS) is 10.9. The van der Waals surface area contributed by atoms with Gasteiger partial charge in [0.1, 0.15) is 5.75 Å². The molecule has 6 aromatic rings. The summed E-state index contributed by atoms with van der Waals surface area (Å²) < 4.78 is 0. The molecule has 1 N–H and O–H groups in total. The fraction of sp³-hybridized carbons (Fsp3) is 0.100. The van der Waals surface area contributed by atoms with Crippen LogP contribution >= 0.6 is 0 Å². The average Bonchev–Trinajstić information content (AvgIpc) is 3.02. The molecule has 0 heterocycles. The molecule has 1 heteroatoms. The Morgan fingerprint density at radius 2 is 0.756 bits per heavy atom. The van der Waals surface area contributed by atoms with Crippen LogP contribution in [0.25, 0.3) is 11.1 Å². The average molecular weight is 531 g/mol. The van der Waals surface area contributed by atoms with Gasteiger partial charge in [-0.05, 0) is 81.8 Å². The molecular formula is C40H34O. The van der Waals surface area contributed by atoms with Crippen LogP contribution in [0.1, 0.15) is 44.5 Å². The zero-order valence-corrected chi connectivity index (χ0v) is 23.2. The third-order valence-electron chi connectivity index (χ3n) is 7.82. The van der Waals surface area contributed by atoms with E-state index >= 15 is 0 Å². The van der Waals surface area contributed by atoms with Crippen molar-refractivity contribution in [2.75, 3.05) is 0 Å². The summed E-state index contributed by atoms with van der Waals surface area (Å²) in [6, 6.07) is 53.1. The minimum atomic E-state index is 0.317. The van der Waals surface area contributed by atoms with Crippen molar-refractivity contribution in [2.24, 2.45) is 0 Å². The molecule has 0 spiro atoms. The molecule has 0 bridgehead atoms. The van der Waals surface area contributed by atoms with E-state index in [-0.39, 0.29) is 0 Å². The number of rotatable bonds is 9. The van der Waals surface area contributed by atoms with E-state index in [0.29, 0.717) is 5.75 Å². The Hall–Kier alpha value is -4.88. The number of aromatic hydroxyl groups is 1. The second kappa shape index (κ2) is 12.5. The fourth-order valence-electron chi connectivity index (χ4n) is 5.87. The topological polar surface area (TPSA) is 20.2 Å². The Morgan fingerprint density at radius 3 is 1.24 bits per heavy atom. The summed E-state index contributed by atoms with van der Waals surface area (Å²) in [5.41, 5.74) is 12.4. The van der Waals surface area contributed by atoms with Crippen LogP contribution in [0.15, 0.2) is 152 Å². The van der Waals surface area contributed by atoms with E-state index in [1.165, 1.54) is 44.5 Å². The smallest absolute Gasteiger partial charge is 0.123 e. The van der Waals surface area contributed by atoms with Gasteiger partial charge in [-0.2, -0.15) is 0 Å². The van der Waals surface area contributed by atoms with E-state index in [1.54, 1.807) is 0 Å². The van der Waals surface area contributed by atoms with Gasteiger partial charge in [0.25, 0.3) is 0 Å². The minimum absolute atomic E-state index is 0.317. The van der Waals surface area contributed by atoms with Gasteiger partial charge in [-0.25, -0.2) is 0 Å². The lowest BCUT2D eigenvalue weighted by atomic mass is 9.80. The van der Waals surface area contributed by atoms with Crippen molar-refractivity contribution >= 4 is 0 Å². The SMILES string of the molecule is Oc1ccccc1-c1c(Cc2ccccc2)cc(Cc2ccccc2)c(Cc2ccccc2)c1Cc1ccccc1. The monoisotopic (exact) mass is 530 g/mol. The quantitative estimate of drug-likeness (QED) is 0.197. The first kappa shape index (κ1) is 26.3. The highest BCUT2D eigenvalue weighted by Crippen LogP contribution is 2.40. The first-order chi connectivity index (χ1) is 20.2. The van der Waals surface area contributed by atoms with Gasteiger partial charge in [0.2, 0.25) is 0 Å². The van der Waals surface area contributed by atoms with Crippen LogP contribution in [-0.4, -0.2) is 5.11 Å². The zero-order chi connectivity index (χ0) is 27.9. The third-order valence-corrected chi connectivity index (χ3v) is 7.82. The van der Waals surface area contributed by atoms with E-state index in [0.717, 1.165) is 36.8 Å². The number of phenols is 1. The largest absolute Gasteiger partial charge is 0.507 e. The van der Waals surface area contributed by atoms with Crippen molar-refractivity contribution < 1.29 is 5.11 Å². The van der Waals surface area contributed by atoms with Crippen molar-refractivity contribution in [1.29, 1.82) is 0 Å². The molecule has 6 rings (SSSR count). The molecule has 0 aliphatic rings. The van der Waals surface area contributed by atoms with E-state index in [4.69, 9.17) is 0 Å². The molecule has 1 nitrogen and oxygen atoms in total. The summed E-state index contributed by atoms with van der Waals surface area (Å²) in [5, 5.41) is 11.2. The van der Waals surface area contributed by atoms with Crippen LogP contribution in [-0.2, 0) is 25.7 Å². The molecule has 0 unspecified atom stereocenters. The predicted molar refractivity (Wildman–Crippen MR) is 171 cm³/mol. The third kappa shape index (κ3) is 6.31. The molecule has 0 aromatic heterocycles. The molecule has 200 valence electrons. The van der Waals surface area contributed by atoms with Crippen molar-refractivity contribution in [3.63, 3.8) is 0 Å². The Bertz CT molecular complexity index is 1710. The Kier molecular flexibility index (Phi) is 8.05. The molecule has 0 aliphatic carbocycles. The first-order valence-electron chi connectivity index (χ1n) is 14.3. The highest BCUT2D eigenvalue weighted by atomic mass is 16.3. The van der Waals surface area contributed by atoms with Crippen LogP contribution < -0.4 is 0 Å². The Labute approximate surface area is 243 Å². The lowest BCUT2D eigenvalue weighted by Gasteiger charge is -2.24. The summed E-state index contributed by atoms with van der Waals surface area (Å²) in [6.07, 6.45) is 3.27. The maximum absolute atomic E-state index is 11.2. The summed E-state index contributed by atoms with van der Waals surface area (Å²) in [5.74, 6) is 0.317. The molecule has 0 saturated carbocycles. The van der Waals surface area contributed by atoms with Crippen LogP contribution in [0.4, 0.5) is 0 Å². The van der Waals surface area contributed by atoms with Crippen molar-refractivity contribution in [1.82, 2.24) is 0 Å². The molecule has 0 fully saturated rings. The highest BCUT2D eigenvalue weighted by molar-refractivity contribution is 5.79. The van der Waals surface area contributed by atoms with Gasteiger partial charge in [0, 0.05) is 5.56 Å². The van der Waals surface area contributed by atoms with Gasteiger partial charge in [-0.3, -0.25) is 0 Å². The summed E-state index contributed by atoms with van der Waals surface area (Å²) in [4.78, 5) is 0. The van der Waals surface area contributed by atoms with Gasteiger partial charge in [-0.15, -0.1) is 0 Å². The van der Waals surface area contributed by atoms with Crippen molar-refractivity contribution in [2.45, 2.75) is 25.7 Å². The van der Waals surface area contributed by atoms with Gasteiger partial charge >= 0.3 is 0 Å². The van der Waals surface area contributed by atoms with Gasteiger partial charge < -0.3 is 5.11 Å². The molecule has 0 amide bonds. The number of hydrogen-bond acceptors (Lipinski definition) is 1. The van der Waals surface area contributed by atoms with E-state index < -0.39 is 0 Å². The lowest BCUT2D eigenvalue weighted by Crippen LogP contribution is -2.09. The molecule has 6 aromatic carbocycles. The minimum Gasteiger partial charge on any atom is -0.507 e. The highest BCUT2D eigenvalue weighted by Gasteiger charge is 2.22. The number of hydrogen-bond donors (Lipinski definition) is 1. The second-order valence-electron chi connectivity index (χ2n) is 10.7. The summed E-state index contributed by atoms with van der Waals surface area (Å²) in [7, 11) is 0. The van der Waals surface area contributed by atoms with E-state index in [9.17, 15) is 5.11 Å². The number of benzene rings is 6. The van der Waals surface area contributed by atoms with Crippen LogP contribution in [0, 0.1) is 0 Å². The van der Waals surface area contributed by atoms with Gasteiger partial charge in [0.05, 0.1) is 0 Å². The number of phenolic OH excluding ortho intramolecular Hbond substituents is 1. The van der Waals surface area contributed by atoms with Crippen LogP contribution in [0.5, 0.6) is 5.75 Å². The first-order valence-corrected chi connectivity index (χ1v) is 14.3. The molecule has 0 atom stereocenters. The van der Waals surface area contributed by atoms with Crippen LogP contribution in [0.2, 0.25) is 0 Å². The Balaban J connectivity index is 1.64. The number of para-hydroxylation sites is 1. The van der Waals surface area contributed by atoms with Crippen LogP contribution in [0.3, 0.4) is 0 Å². The lowest BCUT2D eigenvalue weighted by molar-refractivity contribution is 0.477. The fourth-order valence-corrected chi connectivity index (χ4v) is 5.87. The Morgan fingerprint density at radius 1 is 0.366 bits per heavy atom. The predicted octanol–water partition coefficient (Wildman–Crippen LogP) is 9.42. The van der Waals surface area contributed by atoms with Crippen molar-refractivity contribution in [3.05, 3.63) is 196 Å². The maximum atomic E-state index is 11.2. The second-order valence-corrected chi connectivity index (χ2v) is 10.7. The van der Waals surface area contributed by atoms with Crippen molar-refractivity contribution in [3.8, 4) is 16.9 Å². The molecular weight excluding hydrogens is 496 g/mol. The van der Waals surface area contributed by atoms with E-state index in [1.807, 2.05) is 18.2 Å². The summed E-state index contributed by atoms with van der Waals surface area (Å²) in [6.45, 7) is 0. The molecule has 0 saturated heterocycles. The molecule has 0 aliphatic heterocycles. The molecule has 41 heavy (non-hydrogen) atoms. The van der Waals surface area contributed by atoms with Gasteiger partial charge in [-0.1, -0.05) is 146 Å². The standard InChI is InChI=1S/C40H34O/c41-39-24-14-13-23-36(39)40-35(26-31-17-7-2-8-18-31)29-34(25-30-15-5-1-6-16-30)37(27-32-19-9-3-10-20-32)38(40)28-33-21-11-4-12-22-33/h1-24,29,41H,25-28H2. The molecule has 0 radical (unpaired) electrons. The summed E-state index contributed by atoms with van der Waals surface area (Å²) >= 11 is 0. The van der Waals surface area contributed by atoms with E-state index in [2.05, 4.69) is 133 Å². The van der Waals surface area contributed by atoms with Gasteiger partial charge in [0.15, 0.2) is 0 Å².